The molecule has 0 bridgehead atoms. The van der Waals surface area contributed by atoms with E-state index in [2.05, 4.69) is 0 Å². The Morgan fingerprint density at radius 1 is 1.33 bits per heavy atom. The Bertz CT molecular complexity index is 572. The van der Waals surface area contributed by atoms with Crippen molar-refractivity contribution in [3.05, 3.63) is 18.2 Å². The minimum atomic E-state index is -3.34. The van der Waals surface area contributed by atoms with Crippen LogP contribution in [0.1, 0.15) is 6.42 Å². The average molecular weight is 270 g/mol. The zero-order valence-corrected chi connectivity index (χ0v) is 10.5. The van der Waals surface area contributed by atoms with Crippen molar-refractivity contribution in [2.75, 3.05) is 24.2 Å². The van der Waals surface area contributed by atoms with Gasteiger partial charge in [-0.25, -0.2) is 8.42 Å². The van der Waals surface area contributed by atoms with Crippen LogP contribution in [0.5, 0.6) is 11.5 Å². The second kappa shape index (κ2) is 4.03. The van der Waals surface area contributed by atoms with Crippen LogP contribution in [-0.2, 0) is 10.0 Å². The standard InChI is InChI=1S/C11H14N2O4S/c12-6-9-3-4-13(18(9,14)15)8-1-2-10-11(5-8)17-7-16-10/h1-2,5,9H,3-4,6-7,12H2/t9-/m1/s1. The zero-order chi connectivity index (χ0) is 12.8. The Balaban J connectivity index is 1.97. The van der Waals surface area contributed by atoms with Gasteiger partial charge in [0, 0.05) is 19.2 Å². The second-order valence-electron chi connectivity index (χ2n) is 4.30. The number of benzene rings is 1. The molecule has 0 aromatic heterocycles. The SMILES string of the molecule is NC[C@H]1CCN(c2ccc3c(c2)OCO3)S1(=O)=O. The summed E-state index contributed by atoms with van der Waals surface area (Å²) in [5.74, 6) is 1.23. The molecular weight excluding hydrogens is 256 g/mol. The van der Waals surface area contributed by atoms with Crippen LogP contribution in [0.4, 0.5) is 5.69 Å². The molecule has 0 aliphatic carbocycles. The maximum Gasteiger partial charge on any atom is 0.239 e. The van der Waals surface area contributed by atoms with Gasteiger partial charge in [-0.1, -0.05) is 0 Å². The van der Waals surface area contributed by atoms with Gasteiger partial charge >= 0.3 is 0 Å². The molecule has 2 aliphatic heterocycles. The lowest BCUT2D eigenvalue weighted by molar-refractivity contribution is 0.174. The molecule has 98 valence electrons. The van der Waals surface area contributed by atoms with E-state index in [4.69, 9.17) is 15.2 Å². The van der Waals surface area contributed by atoms with Crippen LogP contribution in [0.25, 0.3) is 0 Å². The molecule has 2 aliphatic rings. The van der Waals surface area contributed by atoms with Gasteiger partial charge in [-0.15, -0.1) is 0 Å². The largest absolute Gasteiger partial charge is 0.454 e. The van der Waals surface area contributed by atoms with Gasteiger partial charge in [-0.2, -0.15) is 0 Å². The van der Waals surface area contributed by atoms with Gasteiger partial charge in [-0.3, -0.25) is 4.31 Å². The molecule has 3 rings (SSSR count). The van der Waals surface area contributed by atoms with E-state index in [-0.39, 0.29) is 13.3 Å². The number of nitrogens with zero attached hydrogens (tertiary/aromatic N) is 1. The summed E-state index contributed by atoms with van der Waals surface area (Å²) in [6, 6.07) is 5.14. The monoisotopic (exact) mass is 270 g/mol. The van der Waals surface area contributed by atoms with E-state index in [9.17, 15) is 8.42 Å². The molecule has 1 fully saturated rings. The molecule has 0 radical (unpaired) electrons. The Kier molecular flexibility index (Phi) is 2.60. The second-order valence-corrected chi connectivity index (χ2v) is 6.44. The number of hydrogen-bond acceptors (Lipinski definition) is 5. The van der Waals surface area contributed by atoms with Crippen molar-refractivity contribution in [3.63, 3.8) is 0 Å². The van der Waals surface area contributed by atoms with Crippen LogP contribution in [-0.4, -0.2) is 33.6 Å². The zero-order valence-electron chi connectivity index (χ0n) is 9.70. The summed E-state index contributed by atoms with van der Waals surface area (Å²) in [6.45, 7) is 0.796. The van der Waals surface area contributed by atoms with Gasteiger partial charge in [-0.05, 0) is 18.6 Å². The number of hydrogen-bond donors (Lipinski definition) is 1. The molecule has 0 unspecified atom stereocenters. The molecule has 1 saturated heterocycles. The summed E-state index contributed by atoms with van der Waals surface area (Å²) < 4.78 is 36.2. The Morgan fingerprint density at radius 2 is 2.11 bits per heavy atom. The molecule has 0 amide bonds. The molecule has 18 heavy (non-hydrogen) atoms. The Morgan fingerprint density at radius 3 is 2.83 bits per heavy atom. The van der Waals surface area contributed by atoms with Crippen molar-refractivity contribution in [3.8, 4) is 11.5 Å². The predicted molar refractivity (Wildman–Crippen MR) is 66.3 cm³/mol. The highest BCUT2D eigenvalue weighted by molar-refractivity contribution is 7.93. The van der Waals surface area contributed by atoms with Gasteiger partial charge < -0.3 is 15.2 Å². The minimum absolute atomic E-state index is 0.156. The lowest BCUT2D eigenvalue weighted by atomic mass is 10.2. The molecule has 0 spiro atoms. The van der Waals surface area contributed by atoms with Crippen LogP contribution < -0.4 is 19.5 Å². The molecule has 1 aromatic rings. The van der Waals surface area contributed by atoms with Crippen LogP contribution in [0.3, 0.4) is 0 Å². The van der Waals surface area contributed by atoms with Gasteiger partial charge in [0.1, 0.15) is 0 Å². The predicted octanol–water partition coefficient (Wildman–Crippen LogP) is 0.282. The molecule has 1 atom stereocenters. The first kappa shape index (κ1) is 11.6. The van der Waals surface area contributed by atoms with Crippen LogP contribution >= 0.6 is 0 Å². The first-order valence-electron chi connectivity index (χ1n) is 5.74. The van der Waals surface area contributed by atoms with Crippen LogP contribution in [0, 0.1) is 0 Å². The lowest BCUT2D eigenvalue weighted by Gasteiger charge is -2.18. The van der Waals surface area contributed by atoms with E-state index >= 15 is 0 Å². The normalized spacial score (nSPS) is 24.5. The van der Waals surface area contributed by atoms with E-state index in [1.165, 1.54) is 4.31 Å². The maximum atomic E-state index is 12.2. The van der Waals surface area contributed by atoms with E-state index < -0.39 is 15.3 Å². The average Bonchev–Trinajstić information content (AvgIpc) is 2.91. The third-order valence-corrected chi connectivity index (χ3v) is 5.57. The molecule has 0 saturated carbocycles. The molecule has 1 aromatic carbocycles. The van der Waals surface area contributed by atoms with Crippen molar-refractivity contribution in [1.29, 1.82) is 0 Å². The Hall–Kier alpha value is -1.47. The van der Waals surface area contributed by atoms with Crippen molar-refractivity contribution in [1.82, 2.24) is 0 Å². The van der Waals surface area contributed by atoms with E-state index in [1.807, 2.05) is 0 Å². The molecule has 7 heteroatoms. The van der Waals surface area contributed by atoms with Gasteiger partial charge in [0.05, 0.1) is 10.9 Å². The highest BCUT2D eigenvalue weighted by atomic mass is 32.2. The van der Waals surface area contributed by atoms with E-state index in [1.54, 1.807) is 18.2 Å². The number of sulfonamides is 1. The smallest absolute Gasteiger partial charge is 0.239 e. The summed E-state index contributed by atoms with van der Waals surface area (Å²) in [6.07, 6.45) is 0.563. The van der Waals surface area contributed by atoms with Crippen molar-refractivity contribution in [2.45, 2.75) is 11.7 Å². The third kappa shape index (κ3) is 1.62. The van der Waals surface area contributed by atoms with Crippen molar-refractivity contribution >= 4 is 15.7 Å². The topological polar surface area (TPSA) is 81.9 Å². The number of nitrogens with two attached hydrogens (primary N) is 1. The summed E-state index contributed by atoms with van der Waals surface area (Å²) >= 11 is 0. The molecule has 6 nitrogen and oxygen atoms in total. The first-order chi connectivity index (χ1) is 8.63. The van der Waals surface area contributed by atoms with E-state index in [0.29, 0.717) is 30.2 Å². The highest BCUT2D eigenvalue weighted by Crippen LogP contribution is 2.38. The number of fused-ring (bicyclic) bond motifs is 1. The summed E-state index contributed by atoms with van der Waals surface area (Å²) in [5.41, 5.74) is 6.10. The van der Waals surface area contributed by atoms with Gasteiger partial charge in [0.25, 0.3) is 0 Å². The maximum absolute atomic E-state index is 12.2. The minimum Gasteiger partial charge on any atom is -0.454 e. The third-order valence-electron chi connectivity index (χ3n) is 3.29. The molecule has 2 heterocycles. The first-order valence-corrected chi connectivity index (χ1v) is 7.24. The molecular formula is C11H14N2O4S. The Labute approximate surface area is 105 Å². The van der Waals surface area contributed by atoms with Gasteiger partial charge in [0.15, 0.2) is 11.5 Å². The number of rotatable bonds is 2. The van der Waals surface area contributed by atoms with Crippen molar-refractivity contribution < 1.29 is 17.9 Å². The quantitative estimate of drug-likeness (QED) is 0.835. The van der Waals surface area contributed by atoms with Crippen molar-refractivity contribution in [2.24, 2.45) is 5.73 Å². The number of anilines is 1. The summed E-state index contributed by atoms with van der Waals surface area (Å²) in [7, 11) is -3.34. The fraction of sp³-hybridized carbons (Fsp3) is 0.455. The fourth-order valence-electron chi connectivity index (χ4n) is 2.27. The number of ether oxygens (including phenoxy) is 2. The van der Waals surface area contributed by atoms with Crippen LogP contribution in [0.2, 0.25) is 0 Å². The highest BCUT2D eigenvalue weighted by Gasteiger charge is 2.38. The molecule has 2 N–H and O–H groups in total. The summed E-state index contributed by atoms with van der Waals surface area (Å²) in [5, 5.41) is -0.483. The fourth-order valence-corrected chi connectivity index (χ4v) is 4.05. The van der Waals surface area contributed by atoms with Gasteiger partial charge in [0.2, 0.25) is 16.8 Å². The van der Waals surface area contributed by atoms with E-state index in [0.717, 1.165) is 0 Å². The van der Waals surface area contributed by atoms with Crippen LogP contribution in [0.15, 0.2) is 18.2 Å². The summed E-state index contributed by atoms with van der Waals surface area (Å²) in [4.78, 5) is 0. The lowest BCUT2D eigenvalue weighted by Crippen LogP contribution is -2.33.